The Morgan fingerprint density at radius 3 is 2.89 bits per heavy atom. The first kappa shape index (κ1) is 12.9. The predicted octanol–water partition coefficient (Wildman–Crippen LogP) is 2.83. The third-order valence-electron chi connectivity index (χ3n) is 4.30. The van der Waals surface area contributed by atoms with Crippen LogP contribution in [0.3, 0.4) is 0 Å². The number of hydrogen-bond acceptors (Lipinski definition) is 3. The van der Waals surface area contributed by atoms with Gasteiger partial charge in [0.15, 0.2) is 0 Å². The van der Waals surface area contributed by atoms with E-state index in [-0.39, 0.29) is 6.04 Å². The van der Waals surface area contributed by atoms with E-state index in [1.807, 2.05) is 0 Å². The van der Waals surface area contributed by atoms with Crippen molar-refractivity contribution in [2.45, 2.75) is 38.1 Å². The second-order valence-electron chi connectivity index (χ2n) is 5.73. The molecule has 2 N–H and O–H groups in total. The van der Waals surface area contributed by atoms with E-state index < -0.39 is 0 Å². The second kappa shape index (κ2) is 5.93. The van der Waals surface area contributed by atoms with E-state index in [1.165, 1.54) is 17.5 Å². The average Bonchev–Trinajstić information content (AvgIpc) is 2.47. The maximum atomic E-state index is 6.18. The third kappa shape index (κ3) is 3.10. The van der Waals surface area contributed by atoms with Gasteiger partial charge in [-0.15, -0.1) is 0 Å². The average molecular weight is 261 g/mol. The summed E-state index contributed by atoms with van der Waals surface area (Å²) in [5.41, 5.74) is 8.87. The minimum absolute atomic E-state index is 0.190. The smallest absolute Gasteiger partial charge is 0.119 e. The van der Waals surface area contributed by atoms with Crippen LogP contribution in [-0.4, -0.2) is 19.8 Å². The SMILES string of the molecule is N[C@@H]1CCCc2ccc(OCC3CCOCC3)cc21. The summed E-state index contributed by atoms with van der Waals surface area (Å²) in [5, 5.41) is 0. The molecule has 104 valence electrons. The van der Waals surface area contributed by atoms with Crippen molar-refractivity contribution in [2.24, 2.45) is 11.7 Å². The molecule has 1 atom stereocenters. The van der Waals surface area contributed by atoms with Gasteiger partial charge >= 0.3 is 0 Å². The summed E-state index contributed by atoms with van der Waals surface area (Å²) in [6.45, 7) is 2.56. The molecule has 1 aliphatic heterocycles. The Balaban J connectivity index is 1.63. The minimum atomic E-state index is 0.190. The van der Waals surface area contributed by atoms with E-state index in [1.54, 1.807) is 0 Å². The van der Waals surface area contributed by atoms with Gasteiger partial charge in [0.25, 0.3) is 0 Å². The van der Waals surface area contributed by atoms with Crippen LogP contribution < -0.4 is 10.5 Å². The van der Waals surface area contributed by atoms with Crippen molar-refractivity contribution in [3.63, 3.8) is 0 Å². The van der Waals surface area contributed by atoms with Gasteiger partial charge in [0.1, 0.15) is 5.75 Å². The highest BCUT2D eigenvalue weighted by Crippen LogP contribution is 2.31. The van der Waals surface area contributed by atoms with Crippen LogP contribution in [0.25, 0.3) is 0 Å². The highest BCUT2D eigenvalue weighted by atomic mass is 16.5. The summed E-state index contributed by atoms with van der Waals surface area (Å²) in [6.07, 6.45) is 5.69. The molecule has 1 fully saturated rings. The molecule has 3 rings (SSSR count). The van der Waals surface area contributed by atoms with Crippen molar-refractivity contribution in [3.05, 3.63) is 29.3 Å². The van der Waals surface area contributed by atoms with Gasteiger partial charge in [-0.25, -0.2) is 0 Å². The Morgan fingerprint density at radius 1 is 1.21 bits per heavy atom. The monoisotopic (exact) mass is 261 g/mol. The second-order valence-corrected chi connectivity index (χ2v) is 5.73. The molecule has 1 aromatic rings. The number of hydrogen-bond donors (Lipinski definition) is 1. The zero-order valence-electron chi connectivity index (χ0n) is 11.4. The molecule has 19 heavy (non-hydrogen) atoms. The van der Waals surface area contributed by atoms with Gasteiger partial charge < -0.3 is 15.2 Å². The van der Waals surface area contributed by atoms with Crippen LogP contribution in [0.5, 0.6) is 5.75 Å². The summed E-state index contributed by atoms with van der Waals surface area (Å²) >= 11 is 0. The molecular formula is C16H23NO2. The fourth-order valence-electron chi connectivity index (χ4n) is 3.03. The van der Waals surface area contributed by atoms with Gasteiger partial charge in [-0.3, -0.25) is 0 Å². The standard InChI is InChI=1S/C16H23NO2/c17-16-3-1-2-13-4-5-14(10-15(13)16)19-11-12-6-8-18-9-7-12/h4-5,10,12,16H,1-3,6-9,11,17H2/t16-/m1/s1. The normalized spacial score (nSPS) is 23.9. The number of rotatable bonds is 3. The molecule has 3 heteroatoms. The summed E-state index contributed by atoms with van der Waals surface area (Å²) in [5.74, 6) is 1.61. The van der Waals surface area contributed by atoms with Gasteiger partial charge in [0.05, 0.1) is 6.61 Å². The van der Waals surface area contributed by atoms with E-state index in [0.29, 0.717) is 5.92 Å². The Labute approximate surface area is 115 Å². The summed E-state index contributed by atoms with van der Waals surface area (Å²) in [4.78, 5) is 0. The lowest BCUT2D eigenvalue weighted by atomic mass is 9.88. The lowest BCUT2D eigenvalue weighted by Gasteiger charge is -2.24. The number of ether oxygens (including phenoxy) is 2. The topological polar surface area (TPSA) is 44.5 Å². The molecule has 0 radical (unpaired) electrons. The third-order valence-corrected chi connectivity index (χ3v) is 4.30. The first-order valence-corrected chi connectivity index (χ1v) is 7.42. The van der Waals surface area contributed by atoms with Crippen LogP contribution in [0.4, 0.5) is 0 Å². The molecular weight excluding hydrogens is 238 g/mol. The number of nitrogens with two attached hydrogens (primary N) is 1. The zero-order chi connectivity index (χ0) is 13.1. The van der Waals surface area contributed by atoms with E-state index >= 15 is 0 Å². The molecule has 3 nitrogen and oxygen atoms in total. The van der Waals surface area contributed by atoms with Gasteiger partial charge in [-0.2, -0.15) is 0 Å². The highest BCUT2D eigenvalue weighted by molar-refractivity contribution is 5.39. The van der Waals surface area contributed by atoms with Crippen molar-refractivity contribution in [3.8, 4) is 5.75 Å². The molecule has 2 aliphatic rings. The number of aryl methyl sites for hydroxylation is 1. The molecule has 0 bridgehead atoms. The lowest BCUT2D eigenvalue weighted by molar-refractivity contribution is 0.0497. The van der Waals surface area contributed by atoms with Gasteiger partial charge in [-0.1, -0.05) is 6.07 Å². The maximum absolute atomic E-state index is 6.18. The van der Waals surface area contributed by atoms with Crippen molar-refractivity contribution < 1.29 is 9.47 Å². The van der Waals surface area contributed by atoms with Crippen LogP contribution in [0.2, 0.25) is 0 Å². The molecule has 1 aromatic carbocycles. The Morgan fingerprint density at radius 2 is 2.05 bits per heavy atom. The lowest BCUT2D eigenvalue weighted by Crippen LogP contribution is -2.22. The van der Waals surface area contributed by atoms with E-state index in [9.17, 15) is 0 Å². The Bertz CT molecular complexity index is 427. The summed E-state index contributed by atoms with van der Waals surface area (Å²) in [7, 11) is 0. The van der Waals surface area contributed by atoms with Crippen molar-refractivity contribution in [2.75, 3.05) is 19.8 Å². The molecule has 0 saturated carbocycles. The molecule has 0 aromatic heterocycles. The highest BCUT2D eigenvalue weighted by Gasteiger charge is 2.18. The van der Waals surface area contributed by atoms with Crippen molar-refractivity contribution in [1.82, 2.24) is 0 Å². The fourth-order valence-corrected chi connectivity index (χ4v) is 3.03. The fraction of sp³-hybridized carbons (Fsp3) is 0.625. The van der Waals surface area contributed by atoms with Crippen LogP contribution in [0, 0.1) is 5.92 Å². The van der Waals surface area contributed by atoms with Crippen LogP contribution in [0.15, 0.2) is 18.2 Å². The molecule has 0 amide bonds. The van der Waals surface area contributed by atoms with Gasteiger partial charge in [-0.05, 0) is 61.3 Å². The molecule has 0 spiro atoms. The largest absolute Gasteiger partial charge is 0.493 e. The van der Waals surface area contributed by atoms with E-state index in [4.69, 9.17) is 15.2 Å². The van der Waals surface area contributed by atoms with Gasteiger partial charge in [0, 0.05) is 19.3 Å². The molecule has 1 heterocycles. The van der Waals surface area contributed by atoms with E-state index in [2.05, 4.69) is 18.2 Å². The Hall–Kier alpha value is -1.06. The first-order chi connectivity index (χ1) is 9.33. The quantitative estimate of drug-likeness (QED) is 0.910. The minimum Gasteiger partial charge on any atom is -0.493 e. The number of fused-ring (bicyclic) bond motifs is 1. The summed E-state index contributed by atoms with van der Waals surface area (Å²) < 4.78 is 11.3. The van der Waals surface area contributed by atoms with Crippen LogP contribution in [0.1, 0.15) is 42.9 Å². The predicted molar refractivity (Wildman–Crippen MR) is 75.3 cm³/mol. The maximum Gasteiger partial charge on any atom is 0.119 e. The van der Waals surface area contributed by atoms with E-state index in [0.717, 1.165) is 51.3 Å². The first-order valence-electron chi connectivity index (χ1n) is 7.42. The van der Waals surface area contributed by atoms with Crippen LogP contribution >= 0.6 is 0 Å². The Kier molecular flexibility index (Phi) is 4.04. The molecule has 1 aliphatic carbocycles. The van der Waals surface area contributed by atoms with Crippen molar-refractivity contribution >= 4 is 0 Å². The van der Waals surface area contributed by atoms with Gasteiger partial charge in [0.2, 0.25) is 0 Å². The molecule has 0 unspecified atom stereocenters. The zero-order valence-corrected chi connectivity index (χ0v) is 11.4. The van der Waals surface area contributed by atoms with Crippen LogP contribution in [-0.2, 0) is 11.2 Å². The summed E-state index contributed by atoms with van der Waals surface area (Å²) in [6, 6.07) is 6.62. The van der Waals surface area contributed by atoms with Crippen molar-refractivity contribution in [1.29, 1.82) is 0 Å². The number of benzene rings is 1. The molecule has 1 saturated heterocycles.